The number of aliphatic carboxylic acids is 1. The van der Waals surface area contributed by atoms with Gasteiger partial charge in [-0.05, 0) is 19.3 Å². The zero-order valence-corrected chi connectivity index (χ0v) is 7.58. The highest BCUT2D eigenvalue weighted by Crippen LogP contribution is 2.51. The molecule has 0 aromatic rings. The fourth-order valence-electron chi connectivity index (χ4n) is 2.99. The van der Waals surface area contributed by atoms with Crippen molar-refractivity contribution in [2.45, 2.75) is 38.5 Å². The molecule has 1 atom stereocenters. The number of hydrogen-bond donors (Lipinski definition) is 1. The summed E-state index contributed by atoms with van der Waals surface area (Å²) in [5.74, 6) is -0.951. The van der Waals surface area contributed by atoms with Crippen LogP contribution in [0.4, 0.5) is 0 Å². The molecule has 0 radical (unpaired) electrons. The molecule has 3 nitrogen and oxygen atoms in total. The monoisotopic (exact) mass is 182 g/mol. The zero-order valence-electron chi connectivity index (χ0n) is 7.58. The number of ketones is 1. The van der Waals surface area contributed by atoms with Crippen molar-refractivity contribution in [3.63, 3.8) is 0 Å². The third-order valence-corrected chi connectivity index (χ3v) is 3.68. The highest BCUT2D eigenvalue weighted by atomic mass is 16.4. The summed E-state index contributed by atoms with van der Waals surface area (Å²) >= 11 is 0. The van der Waals surface area contributed by atoms with Gasteiger partial charge in [-0.25, -0.2) is 0 Å². The van der Waals surface area contributed by atoms with Crippen LogP contribution in [-0.4, -0.2) is 16.9 Å². The van der Waals surface area contributed by atoms with Crippen LogP contribution in [0.1, 0.15) is 38.5 Å². The number of carboxylic acid groups (broad SMARTS) is 1. The molecule has 1 unspecified atom stereocenters. The minimum atomic E-state index is -0.771. The quantitative estimate of drug-likeness (QED) is 0.670. The van der Waals surface area contributed by atoms with Gasteiger partial charge in [0, 0.05) is 11.8 Å². The fourth-order valence-corrected chi connectivity index (χ4v) is 2.99. The minimum Gasteiger partial charge on any atom is -0.481 e. The van der Waals surface area contributed by atoms with Crippen LogP contribution in [0.25, 0.3) is 0 Å². The van der Waals surface area contributed by atoms with E-state index in [4.69, 9.17) is 5.11 Å². The lowest BCUT2D eigenvalue weighted by molar-refractivity contribution is -0.148. The average Bonchev–Trinajstić information content (AvgIpc) is 2.64. The number of carbonyl (C=O) groups is 2. The summed E-state index contributed by atoms with van der Waals surface area (Å²) in [6, 6.07) is 0. The van der Waals surface area contributed by atoms with Crippen molar-refractivity contribution >= 4 is 11.8 Å². The van der Waals surface area contributed by atoms with E-state index in [-0.39, 0.29) is 11.7 Å². The second-order valence-electron chi connectivity index (χ2n) is 4.22. The van der Waals surface area contributed by atoms with Crippen LogP contribution in [0.2, 0.25) is 0 Å². The SMILES string of the molecule is O=C(O)C1CCC(=O)C12CCCC2. The topological polar surface area (TPSA) is 54.4 Å². The van der Waals surface area contributed by atoms with Gasteiger partial charge in [0.05, 0.1) is 5.92 Å². The van der Waals surface area contributed by atoms with Crippen LogP contribution < -0.4 is 0 Å². The van der Waals surface area contributed by atoms with Crippen molar-refractivity contribution in [3.05, 3.63) is 0 Å². The maximum atomic E-state index is 11.6. The van der Waals surface area contributed by atoms with Crippen molar-refractivity contribution in [3.8, 4) is 0 Å². The second kappa shape index (κ2) is 2.82. The van der Waals surface area contributed by atoms with Crippen LogP contribution >= 0.6 is 0 Å². The minimum absolute atomic E-state index is 0.206. The summed E-state index contributed by atoms with van der Waals surface area (Å²) in [6.07, 6.45) is 4.71. The first-order chi connectivity index (χ1) is 6.17. The van der Waals surface area contributed by atoms with Gasteiger partial charge in [0.15, 0.2) is 0 Å². The summed E-state index contributed by atoms with van der Waals surface area (Å²) in [7, 11) is 0. The molecule has 2 saturated carbocycles. The lowest BCUT2D eigenvalue weighted by Crippen LogP contribution is -2.33. The first-order valence-corrected chi connectivity index (χ1v) is 4.93. The van der Waals surface area contributed by atoms with E-state index in [2.05, 4.69) is 0 Å². The van der Waals surface area contributed by atoms with E-state index in [9.17, 15) is 9.59 Å². The Balaban J connectivity index is 2.30. The van der Waals surface area contributed by atoms with Crippen molar-refractivity contribution in [2.75, 3.05) is 0 Å². The third kappa shape index (κ3) is 1.10. The van der Waals surface area contributed by atoms with Gasteiger partial charge in [-0.1, -0.05) is 12.8 Å². The summed E-state index contributed by atoms with van der Waals surface area (Å²) in [6.45, 7) is 0. The summed E-state index contributed by atoms with van der Waals surface area (Å²) in [5.41, 5.74) is -0.453. The van der Waals surface area contributed by atoms with E-state index in [1.54, 1.807) is 0 Å². The van der Waals surface area contributed by atoms with E-state index in [0.717, 1.165) is 25.7 Å². The van der Waals surface area contributed by atoms with Crippen molar-refractivity contribution < 1.29 is 14.7 Å². The van der Waals surface area contributed by atoms with Gasteiger partial charge in [-0.15, -0.1) is 0 Å². The zero-order chi connectivity index (χ0) is 9.47. The van der Waals surface area contributed by atoms with Crippen molar-refractivity contribution in [1.82, 2.24) is 0 Å². The van der Waals surface area contributed by atoms with Gasteiger partial charge in [-0.3, -0.25) is 9.59 Å². The molecule has 0 amide bonds. The molecule has 0 aromatic heterocycles. The first-order valence-electron chi connectivity index (χ1n) is 4.93. The van der Waals surface area contributed by atoms with Crippen LogP contribution in [0.15, 0.2) is 0 Å². The number of carbonyl (C=O) groups excluding carboxylic acids is 1. The molecule has 1 spiro atoms. The number of carboxylic acids is 1. The molecule has 2 rings (SSSR count). The van der Waals surface area contributed by atoms with Crippen LogP contribution in [-0.2, 0) is 9.59 Å². The summed E-state index contributed by atoms with van der Waals surface area (Å²) < 4.78 is 0. The maximum absolute atomic E-state index is 11.6. The van der Waals surface area contributed by atoms with Gasteiger partial charge in [0.1, 0.15) is 5.78 Å². The standard InChI is InChI=1S/C10H14O3/c11-8-4-3-7(9(12)13)10(8)5-1-2-6-10/h7H,1-6H2,(H,12,13). The van der Waals surface area contributed by atoms with Crippen LogP contribution in [0.3, 0.4) is 0 Å². The molecule has 0 heterocycles. The van der Waals surface area contributed by atoms with E-state index in [0.29, 0.717) is 12.8 Å². The summed E-state index contributed by atoms with van der Waals surface area (Å²) in [4.78, 5) is 22.6. The molecule has 1 N–H and O–H groups in total. The maximum Gasteiger partial charge on any atom is 0.307 e. The lowest BCUT2D eigenvalue weighted by atomic mass is 9.76. The Morgan fingerprint density at radius 3 is 2.54 bits per heavy atom. The molecule has 3 heteroatoms. The Kier molecular flexibility index (Phi) is 1.90. The predicted molar refractivity (Wildman–Crippen MR) is 46.3 cm³/mol. The number of Topliss-reactive ketones (excluding diaryl/α,β-unsaturated/α-hetero) is 1. The normalized spacial score (nSPS) is 31.4. The Morgan fingerprint density at radius 2 is 2.00 bits per heavy atom. The third-order valence-electron chi connectivity index (χ3n) is 3.68. The molecule has 2 fully saturated rings. The van der Waals surface area contributed by atoms with Gasteiger partial charge in [0.25, 0.3) is 0 Å². The average molecular weight is 182 g/mol. The molecule has 13 heavy (non-hydrogen) atoms. The van der Waals surface area contributed by atoms with Crippen molar-refractivity contribution in [2.24, 2.45) is 11.3 Å². The fraction of sp³-hybridized carbons (Fsp3) is 0.800. The highest BCUT2D eigenvalue weighted by Gasteiger charge is 2.53. The highest BCUT2D eigenvalue weighted by molar-refractivity contribution is 5.93. The van der Waals surface area contributed by atoms with E-state index in [1.807, 2.05) is 0 Å². The van der Waals surface area contributed by atoms with E-state index in [1.165, 1.54) is 0 Å². The van der Waals surface area contributed by atoms with E-state index >= 15 is 0 Å². The Morgan fingerprint density at radius 1 is 1.38 bits per heavy atom. The molecule has 0 aromatic carbocycles. The van der Waals surface area contributed by atoms with Gasteiger partial charge in [0.2, 0.25) is 0 Å². The largest absolute Gasteiger partial charge is 0.481 e. The second-order valence-corrected chi connectivity index (χ2v) is 4.22. The Hall–Kier alpha value is -0.860. The Labute approximate surface area is 77.1 Å². The molecule has 0 bridgehead atoms. The molecule has 2 aliphatic rings. The van der Waals surface area contributed by atoms with Crippen molar-refractivity contribution in [1.29, 1.82) is 0 Å². The van der Waals surface area contributed by atoms with Gasteiger partial charge >= 0.3 is 5.97 Å². The molecule has 0 saturated heterocycles. The number of hydrogen-bond acceptors (Lipinski definition) is 2. The van der Waals surface area contributed by atoms with Crippen LogP contribution in [0, 0.1) is 11.3 Å². The van der Waals surface area contributed by atoms with Gasteiger partial charge in [-0.2, -0.15) is 0 Å². The Bertz CT molecular complexity index is 251. The molecular formula is C10H14O3. The molecule has 72 valence electrons. The smallest absolute Gasteiger partial charge is 0.307 e. The molecular weight excluding hydrogens is 168 g/mol. The van der Waals surface area contributed by atoms with Crippen LogP contribution in [0.5, 0.6) is 0 Å². The summed E-state index contributed by atoms with van der Waals surface area (Å²) in [5, 5.41) is 9.00. The first kappa shape index (κ1) is 8.73. The number of rotatable bonds is 1. The molecule has 0 aliphatic heterocycles. The lowest BCUT2D eigenvalue weighted by Gasteiger charge is -2.25. The van der Waals surface area contributed by atoms with E-state index < -0.39 is 11.4 Å². The predicted octanol–water partition coefficient (Wildman–Crippen LogP) is 1.61. The molecule has 2 aliphatic carbocycles. The van der Waals surface area contributed by atoms with Gasteiger partial charge < -0.3 is 5.11 Å².